The molecule has 5 rings (SSSR count). The van der Waals surface area contributed by atoms with Crippen LogP contribution in [0.3, 0.4) is 0 Å². The molecular formula is C26H28FN3S2. The number of aromatic nitrogens is 1. The van der Waals surface area contributed by atoms with Gasteiger partial charge in [-0.05, 0) is 54.5 Å². The number of nitrogens with zero attached hydrogens (tertiary/aromatic N) is 2. The number of benzene rings is 1. The number of hydrogen-bond acceptors (Lipinski definition) is 5. The lowest BCUT2D eigenvalue weighted by Gasteiger charge is -2.36. The largest absolute Gasteiger partial charge is 0.366 e. The van der Waals surface area contributed by atoms with Crippen molar-refractivity contribution < 1.29 is 4.39 Å². The topological polar surface area (TPSA) is 28.2 Å². The van der Waals surface area contributed by atoms with Gasteiger partial charge in [-0.25, -0.2) is 4.39 Å². The van der Waals surface area contributed by atoms with Crippen molar-refractivity contribution in [2.24, 2.45) is 0 Å². The maximum Gasteiger partial charge on any atom is 0.123 e. The molecule has 32 heavy (non-hydrogen) atoms. The Hall–Kier alpha value is -2.15. The van der Waals surface area contributed by atoms with Gasteiger partial charge in [0.05, 0.1) is 15.3 Å². The standard InChI is InChI=1S/C26H28FN3S2/c1-2-5-22-15-23-25(24-19(7-4-11-29-24)17-31-26(23)32-22)30-13-12-28-21(16-30)10-9-18-6-3-8-20(27)14-18/h3-4,6-8,11,14-15,17,21,28H,2,5,9-10,12-13,16H2,1H3. The molecule has 166 valence electrons. The van der Waals surface area contributed by atoms with E-state index in [-0.39, 0.29) is 5.82 Å². The molecule has 1 N–H and O–H groups in total. The van der Waals surface area contributed by atoms with Gasteiger partial charge in [-0.3, -0.25) is 4.98 Å². The van der Waals surface area contributed by atoms with Crippen LogP contribution in [0.25, 0.3) is 11.1 Å². The van der Waals surface area contributed by atoms with Gasteiger partial charge in [0.2, 0.25) is 0 Å². The summed E-state index contributed by atoms with van der Waals surface area (Å²) in [6.45, 7) is 5.08. The number of thiophene rings is 1. The van der Waals surface area contributed by atoms with E-state index in [2.05, 4.69) is 34.7 Å². The smallest absolute Gasteiger partial charge is 0.123 e. The summed E-state index contributed by atoms with van der Waals surface area (Å²) >= 11 is 3.76. The predicted octanol–water partition coefficient (Wildman–Crippen LogP) is 4.14. The summed E-state index contributed by atoms with van der Waals surface area (Å²) in [6, 6.07) is 13.9. The molecule has 3 aromatic rings. The zero-order valence-electron chi connectivity index (χ0n) is 18.3. The number of halogens is 1. The Labute approximate surface area is 197 Å². The number of pyridine rings is 1. The van der Waals surface area contributed by atoms with E-state index in [0.717, 1.165) is 56.2 Å². The lowest BCUT2D eigenvalue weighted by atomic mass is 10.0. The molecule has 6 heteroatoms. The van der Waals surface area contributed by atoms with Crippen LogP contribution in [0, 0.1) is 5.82 Å². The minimum absolute atomic E-state index is 0.154. The molecule has 2 aliphatic rings. The van der Waals surface area contributed by atoms with E-state index < -0.39 is 0 Å². The Morgan fingerprint density at radius 1 is 1.19 bits per heavy atom. The monoisotopic (exact) mass is 465 g/mol. The Morgan fingerprint density at radius 3 is 3.00 bits per heavy atom. The van der Waals surface area contributed by atoms with Gasteiger partial charge in [0.1, 0.15) is 5.82 Å². The molecule has 0 amide bonds. The molecule has 1 atom stereocenters. The number of rotatable bonds is 6. The van der Waals surface area contributed by atoms with Crippen LogP contribution in [-0.2, 0) is 12.8 Å². The molecule has 1 fully saturated rings. The second kappa shape index (κ2) is 9.77. The summed E-state index contributed by atoms with van der Waals surface area (Å²) in [7, 11) is 0. The van der Waals surface area contributed by atoms with E-state index in [9.17, 15) is 4.39 Å². The summed E-state index contributed by atoms with van der Waals surface area (Å²) in [6.07, 6.45) is 6.06. The molecule has 1 aromatic carbocycles. The molecule has 4 heterocycles. The highest BCUT2D eigenvalue weighted by Gasteiger charge is 2.26. The molecule has 0 bridgehead atoms. The second-order valence-electron chi connectivity index (χ2n) is 8.46. The highest BCUT2D eigenvalue weighted by Crippen LogP contribution is 2.38. The van der Waals surface area contributed by atoms with Crippen molar-refractivity contribution in [3.05, 3.63) is 81.1 Å². The summed E-state index contributed by atoms with van der Waals surface area (Å²) < 4.78 is 14.9. The van der Waals surface area contributed by atoms with Crippen molar-refractivity contribution in [3.63, 3.8) is 0 Å². The van der Waals surface area contributed by atoms with Gasteiger partial charge >= 0.3 is 0 Å². The first-order valence-electron chi connectivity index (χ1n) is 11.4. The Balaban J connectivity index is 1.46. The maximum atomic E-state index is 13.6. The van der Waals surface area contributed by atoms with Gasteiger partial charge in [0.25, 0.3) is 0 Å². The number of aryl methyl sites for hydroxylation is 2. The third-order valence-electron chi connectivity index (χ3n) is 6.10. The van der Waals surface area contributed by atoms with Crippen LogP contribution in [0.1, 0.15) is 35.8 Å². The Bertz CT molecular complexity index is 1220. The van der Waals surface area contributed by atoms with Crippen LogP contribution < -0.4 is 15.9 Å². The van der Waals surface area contributed by atoms with E-state index in [1.807, 2.05) is 41.4 Å². The van der Waals surface area contributed by atoms with Crippen LogP contribution in [0.5, 0.6) is 0 Å². The van der Waals surface area contributed by atoms with E-state index >= 15 is 0 Å². The summed E-state index contributed by atoms with van der Waals surface area (Å²) in [5.41, 5.74) is 3.67. The van der Waals surface area contributed by atoms with E-state index in [1.165, 1.54) is 31.6 Å². The highest BCUT2D eigenvalue weighted by atomic mass is 32.2. The average molecular weight is 466 g/mol. The average Bonchev–Trinajstić information content (AvgIpc) is 3.13. The molecule has 0 aliphatic carbocycles. The van der Waals surface area contributed by atoms with Crippen molar-refractivity contribution in [2.45, 2.75) is 42.9 Å². The molecule has 1 unspecified atom stereocenters. The van der Waals surface area contributed by atoms with Gasteiger partial charge in [-0.15, -0.1) is 11.3 Å². The fraction of sp³-hybridized carbons (Fsp3) is 0.346. The second-order valence-corrected chi connectivity index (χ2v) is 10.7. The third-order valence-corrected chi connectivity index (χ3v) is 8.43. The third kappa shape index (κ3) is 4.63. The Kier molecular flexibility index (Phi) is 6.62. The van der Waals surface area contributed by atoms with E-state index in [0.29, 0.717) is 6.04 Å². The molecule has 1 saturated heterocycles. The van der Waals surface area contributed by atoms with Crippen molar-refractivity contribution in [1.82, 2.24) is 15.2 Å². The molecule has 2 aromatic heterocycles. The highest BCUT2D eigenvalue weighted by molar-refractivity contribution is 8.08. The van der Waals surface area contributed by atoms with Gasteiger partial charge in [0.15, 0.2) is 0 Å². The molecule has 0 spiro atoms. The van der Waals surface area contributed by atoms with Crippen LogP contribution in [0.15, 0.2) is 52.9 Å². The lowest BCUT2D eigenvalue weighted by Crippen LogP contribution is -2.51. The van der Waals surface area contributed by atoms with Crippen LogP contribution >= 0.6 is 23.1 Å². The molecule has 2 aliphatic heterocycles. The minimum Gasteiger partial charge on any atom is -0.366 e. The number of piperazine rings is 1. The number of hydrogen-bond donors (Lipinski definition) is 1. The fourth-order valence-corrected chi connectivity index (χ4v) is 6.93. The quantitative estimate of drug-likeness (QED) is 0.592. The summed E-state index contributed by atoms with van der Waals surface area (Å²) in [5.74, 6) is -0.154. The SMILES string of the molecule is CCCc1cc2c(s1)SC=c1cccnc1=C2N1CCNC(CCc2cccc(F)c2)C1. The zero-order valence-corrected chi connectivity index (χ0v) is 19.9. The summed E-state index contributed by atoms with van der Waals surface area (Å²) in [4.78, 5) is 8.82. The Morgan fingerprint density at radius 2 is 2.12 bits per heavy atom. The van der Waals surface area contributed by atoms with Crippen LogP contribution in [0.2, 0.25) is 0 Å². The first-order chi connectivity index (χ1) is 15.7. The van der Waals surface area contributed by atoms with Gasteiger partial charge in [-0.2, -0.15) is 0 Å². The van der Waals surface area contributed by atoms with E-state index in [4.69, 9.17) is 4.98 Å². The maximum absolute atomic E-state index is 13.6. The number of fused-ring (bicyclic) bond motifs is 2. The molecule has 0 saturated carbocycles. The van der Waals surface area contributed by atoms with Gasteiger partial charge in [-0.1, -0.05) is 43.3 Å². The van der Waals surface area contributed by atoms with Crippen molar-refractivity contribution in [3.8, 4) is 0 Å². The van der Waals surface area contributed by atoms with Gasteiger partial charge < -0.3 is 10.2 Å². The minimum atomic E-state index is -0.154. The van der Waals surface area contributed by atoms with Crippen LogP contribution in [-0.4, -0.2) is 35.6 Å². The number of thioether (sulfide) groups is 1. The van der Waals surface area contributed by atoms with Crippen molar-refractivity contribution in [1.29, 1.82) is 0 Å². The molecule has 0 radical (unpaired) electrons. The van der Waals surface area contributed by atoms with Gasteiger partial charge in [0, 0.05) is 47.5 Å². The predicted molar refractivity (Wildman–Crippen MR) is 133 cm³/mol. The first kappa shape index (κ1) is 21.7. The number of nitrogens with one attached hydrogen (secondary N) is 1. The normalized spacial score (nSPS) is 18.0. The molecule has 3 nitrogen and oxygen atoms in total. The molecular weight excluding hydrogens is 437 g/mol. The first-order valence-corrected chi connectivity index (χ1v) is 13.1. The van der Waals surface area contributed by atoms with E-state index in [1.54, 1.807) is 12.1 Å². The lowest BCUT2D eigenvalue weighted by molar-refractivity contribution is 0.268. The van der Waals surface area contributed by atoms with Crippen LogP contribution in [0.4, 0.5) is 4.39 Å². The van der Waals surface area contributed by atoms with Crippen molar-refractivity contribution >= 4 is 34.2 Å². The summed E-state index contributed by atoms with van der Waals surface area (Å²) in [5, 5.41) is 8.22. The zero-order chi connectivity index (χ0) is 21.9. The van der Waals surface area contributed by atoms with Crippen molar-refractivity contribution in [2.75, 3.05) is 19.6 Å². The fourth-order valence-electron chi connectivity index (χ4n) is 4.58.